The number of ether oxygens (including phenoxy) is 2. The standard InChI is InChI=1S/C26H39N3O3.C7H12O2.C2H6/c1-7-12-20(3)24(31-6)17-16-21(4)25(29-27-5)23(13-8-2)18-28-26(30)32-19-22-14-10-9-11-15-22;8-7(9)6-4-2-1-3-5-6;1-2/h9-12,14-17,27,29H,7-8,13,18-19H2,1-6H3,(H,28,30);6H,1-5H2,(H,8,9);1-2H3/b20-12+,21-16+,24-17+,25-23+;;. The molecule has 0 aromatic heterocycles. The molecule has 2 rings (SSSR count). The maximum absolute atomic E-state index is 12.2. The molecule has 8 heteroatoms. The highest BCUT2D eigenvalue weighted by atomic mass is 16.5. The fourth-order valence-electron chi connectivity index (χ4n) is 4.55. The van der Waals surface area contributed by atoms with Crippen LogP contribution in [0.3, 0.4) is 0 Å². The quantitative estimate of drug-likeness (QED) is 0.0969. The second kappa shape index (κ2) is 25.0. The summed E-state index contributed by atoms with van der Waals surface area (Å²) in [5.41, 5.74) is 11.4. The number of hydrazine groups is 1. The van der Waals surface area contributed by atoms with E-state index in [0.717, 1.165) is 78.7 Å². The zero-order chi connectivity index (χ0) is 32.5. The van der Waals surface area contributed by atoms with Crippen LogP contribution in [0, 0.1) is 5.92 Å². The summed E-state index contributed by atoms with van der Waals surface area (Å²) in [6, 6.07) is 9.64. The predicted molar refractivity (Wildman–Crippen MR) is 177 cm³/mol. The van der Waals surface area contributed by atoms with Crippen LogP contribution in [0.2, 0.25) is 0 Å². The van der Waals surface area contributed by atoms with Gasteiger partial charge in [0.1, 0.15) is 12.4 Å². The predicted octanol–water partition coefficient (Wildman–Crippen LogP) is 8.20. The third-order valence-corrected chi connectivity index (χ3v) is 6.77. The molecular formula is C35H57N3O5. The fourth-order valence-corrected chi connectivity index (χ4v) is 4.55. The number of nitrogens with one attached hydrogen (secondary N) is 3. The summed E-state index contributed by atoms with van der Waals surface area (Å²) in [6.07, 6.45) is 13.7. The first-order valence-electron chi connectivity index (χ1n) is 15.7. The van der Waals surface area contributed by atoms with Crippen molar-refractivity contribution in [2.24, 2.45) is 5.92 Å². The Kier molecular flexibility index (Phi) is 23.0. The van der Waals surface area contributed by atoms with Gasteiger partial charge < -0.3 is 25.3 Å². The summed E-state index contributed by atoms with van der Waals surface area (Å²) in [5, 5.41) is 11.4. The Hall–Kier alpha value is -3.52. The molecular weight excluding hydrogens is 542 g/mol. The lowest BCUT2D eigenvalue weighted by atomic mass is 9.90. The van der Waals surface area contributed by atoms with Crippen molar-refractivity contribution in [3.8, 4) is 0 Å². The number of alkyl carbamates (subject to hydrolysis) is 1. The highest BCUT2D eigenvalue weighted by Crippen LogP contribution is 2.23. The Morgan fingerprint density at radius 2 is 1.65 bits per heavy atom. The number of carbonyl (C=O) groups is 2. The number of benzene rings is 1. The van der Waals surface area contributed by atoms with E-state index in [1.807, 2.05) is 77.2 Å². The van der Waals surface area contributed by atoms with Gasteiger partial charge in [-0.15, -0.1) is 0 Å². The van der Waals surface area contributed by atoms with Gasteiger partial charge in [0.2, 0.25) is 0 Å². The number of aliphatic carboxylic acids is 1. The van der Waals surface area contributed by atoms with E-state index >= 15 is 0 Å². The molecule has 1 amide bonds. The van der Waals surface area contributed by atoms with E-state index in [2.05, 4.69) is 36.1 Å². The van der Waals surface area contributed by atoms with Crippen molar-refractivity contribution >= 4 is 12.1 Å². The van der Waals surface area contributed by atoms with Crippen LogP contribution in [0.25, 0.3) is 0 Å². The van der Waals surface area contributed by atoms with Crippen molar-refractivity contribution in [3.63, 3.8) is 0 Å². The first-order valence-corrected chi connectivity index (χ1v) is 15.7. The minimum absolute atomic E-state index is 0.0289. The lowest BCUT2D eigenvalue weighted by Crippen LogP contribution is -2.32. The Morgan fingerprint density at radius 1 is 1.00 bits per heavy atom. The van der Waals surface area contributed by atoms with Gasteiger partial charge in [-0.1, -0.05) is 95.9 Å². The van der Waals surface area contributed by atoms with Crippen LogP contribution in [-0.4, -0.2) is 37.9 Å². The maximum atomic E-state index is 12.2. The zero-order valence-electron chi connectivity index (χ0n) is 27.8. The summed E-state index contributed by atoms with van der Waals surface area (Å²) in [4.78, 5) is 22.6. The fraction of sp³-hybridized carbons (Fsp3) is 0.543. The van der Waals surface area contributed by atoms with E-state index in [0.29, 0.717) is 6.54 Å². The summed E-state index contributed by atoms with van der Waals surface area (Å²) >= 11 is 0. The van der Waals surface area contributed by atoms with Crippen molar-refractivity contribution < 1.29 is 24.2 Å². The molecule has 0 saturated heterocycles. The number of carbonyl (C=O) groups excluding carboxylic acids is 1. The topological polar surface area (TPSA) is 109 Å². The Bertz CT molecular complexity index is 1040. The van der Waals surface area contributed by atoms with Crippen molar-refractivity contribution in [2.45, 2.75) is 99.5 Å². The number of carboxylic acid groups (broad SMARTS) is 1. The van der Waals surface area contributed by atoms with Gasteiger partial charge in [-0.25, -0.2) is 10.2 Å². The number of amides is 1. The first kappa shape index (κ1) is 39.5. The van der Waals surface area contributed by atoms with Crippen molar-refractivity contribution in [2.75, 3.05) is 20.7 Å². The highest BCUT2D eigenvalue weighted by Gasteiger charge is 2.19. The van der Waals surface area contributed by atoms with E-state index in [9.17, 15) is 9.59 Å². The van der Waals surface area contributed by atoms with Gasteiger partial charge in [-0.2, -0.15) is 0 Å². The normalized spacial score (nSPS) is 14.7. The van der Waals surface area contributed by atoms with Gasteiger partial charge in [0, 0.05) is 13.6 Å². The first-order chi connectivity index (χ1) is 20.8. The average molecular weight is 600 g/mol. The number of methoxy groups -OCH3 is 1. The lowest BCUT2D eigenvalue weighted by molar-refractivity contribution is -0.142. The zero-order valence-corrected chi connectivity index (χ0v) is 27.8. The SMILES string of the molecule is CC.CC/C=C(C)/C(=C\C=C(C)\C(NNC)=C(\CCC)CNC(=O)OCc1ccccc1)OC.O=C(O)C1CCCCC1. The monoisotopic (exact) mass is 599 g/mol. The van der Waals surface area contributed by atoms with Crippen LogP contribution < -0.4 is 16.2 Å². The van der Waals surface area contributed by atoms with E-state index < -0.39 is 12.1 Å². The largest absolute Gasteiger partial charge is 0.497 e. The molecule has 0 atom stereocenters. The molecule has 0 unspecified atom stereocenters. The molecule has 0 radical (unpaired) electrons. The summed E-state index contributed by atoms with van der Waals surface area (Å²) in [7, 11) is 3.50. The van der Waals surface area contributed by atoms with Crippen molar-refractivity contribution in [1.29, 1.82) is 0 Å². The molecule has 0 spiro atoms. The van der Waals surface area contributed by atoms with Gasteiger partial charge in [0.15, 0.2) is 0 Å². The molecule has 0 aliphatic heterocycles. The van der Waals surface area contributed by atoms with E-state index in [1.54, 1.807) is 7.11 Å². The van der Waals surface area contributed by atoms with Crippen LogP contribution in [0.4, 0.5) is 4.79 Å². The minimum atomic E-state index is -0.602. The molecule has 1 aliphatic carbocycles. The molecule has 0 bridgehead atoms. The van der Waals surface area contributed by atoms with Gasteiger partial charge >= 0.3 is 12.1 Å². The molecule has 1 aromatic rings. The average Bonchev–Trinajstić information content (AvgIpc) is 3.03. The van der Waals surface area contributed by atoms with Crippen molar-refractivity contribution in [3.05, 3.63) is 82.3 Å². The molecule has 1 aromatic carbocycles. The number of carboxylic acids is 1. The molecule has 1 saturated carbocycles. The summed E-state index contributed by atoms with van der Waals surface area (Å²) < 4.78 is 10.9. The molecule has 4 N–H and O–H groups in total. The molecule has 43 heavy (non-hydrogen) atoms. The number of hydrogen-bond acceptors (Lipinski definition) is 6. The third kappa shape index (κ3) is 17.3. The third-order valence-electron chi connectivity index (χ3n) is 6.77. The van der Waals surface area contributed by atoms with Crippen LogP contribution in [0.5, 0.6) is 0 Å². The maximum Gasteiger partial charge on any atom is 0.407 e. The Balaban J connectivity index is 0.00000134. The van der Waals surface area contributed by atoms with Crippen LogP contribution in [-0.2, 0) is 20.9 Å². The molecule has 0 heterocycles. The van der Waals surface area contributed by atoms with Crippen molar-refractivity contribution in [1.82, 2.24) is 16.2 Å². The highest BCUT2D eigenvalue weighted by molar-refractivity contribution is 5.70. The number of rotatable bonds is 14. The van der Waals surface area contributed by atoms with E-state index in [4.69, 9.17) is 14.6 Å². The van der Waals surface area contributed by atoms with Crippen LogP contribution >= 0.6 is 0 Å². The van der Waals surface area contributed by atoms with Crippen LogP contribution in [0.15, 0.2) is 76.7 Å². The van der Waals surface area contributed by atoms with E-state index in [-0.39, 0.29) is 12.5 Å². The minimum Gasteiger partial charge on any atom is -0.497 e. The van der Waals surface area contributed by atoms with Crippen LogP contribution in [0.1, 0.15) is 98.5 Å². The molecule has 242 valence electrons. The van der Waals surface area contributed by atoms with Gasteiger partial charge in [-0.3, -0.25) is 4.79 Å². The molecule has 8 nitrogen and oxygen atoms in total. The van der Waals surface area contributed by atoms with Gasteiger partial charge in [0.05, 0.1) is 18.7 Å². The Labute approximate surface area is 260 Å². The van der Waals surface area contributed by atoms with E-state index in [1.165, 1.54) is 6.42 Å². The number of hydrogen-bond donors (Lipinski definition) is 4. The summed E-state index contributed by atoms with van der Waals surface area (Å²) in [5.74, 6) is 0.197. The van der Waals surface area contributed by atoms with Gasteiger partial charge in [0.25, 0.3) is 0 Å². The molecule has 1 aliphatic rings. The second-order valence-electron chi connectivity index (χ2n) is 10.1. The van der Waals surface area contributed by atoms with Gasteiger partial charge in [-0.05, 0) is 67.9 Å². The summed E-state index contributed by atoms with van der Waals surface area (Å²) in [6.45, 7) is 12.9. The number of allylic oxidation sites excluding steroid dienone is 5. The molecule has 1 fully saturated rings. The Morgan fingerprint density at radius 3 is 2.16 bits per heavy atom. The lowest BCUT2D eigenvalue weighted by Gasteiger charge is -2.18. The second-order valence-corrected chi connectivity index (χ2v) is 10.1. The smallest absolute Gasteiger partial charge is 0.407 e.